The molecule has 220 valence electrons. The van der Waals surface area contributed by atoms with Gasteiger partial charge in [-0.15, -0.1) is 0 Å². The van der Waals surface area contributed by atoms with Crippen molar-refractivity contribution in [2.24, 2.45) is 0 Å². The number of aromatic nitrogens is 3. The average molecular weight is 597 g/mol. The topological polar surface area (TPSA) is 150 Å². The third-order valence-electron chi connectivity index (χ3n) is 6.12. The van der Waals surface area contributed by atoms with Crippen LogP contribution in [0.5, 0.6) is 5.75 Å². The summed E-state index contributed by atoms with van der Waals surface area (Å²) in [5.74, 6) is -1.14. The maximum atomic E-state index is 14.7. The number of benzene rings is 2. The van der Waals surface area contributed by atoms with Crippen LogP contribution in [0.25, 0.3) is 0 Å². The molecule has 2 aromatic heterocycles. The van der Waals surface area contributed by atoms with Crippen LogP contribution in [-0.4, -0.2) is 59.4 Å². The lowest BCUT2D eigenvalue weighted by Crippen LogP contribution is -2.14. The predicted octanol–water partition coefficient (Wildman–Crippen LogP) is 4.27. The van der Waals surface area contributed by atoms with Crippen molar-refractivity contribution in [3.8, 4) is 5.75 Å². The van der Waals surface area contributed by atoms with E-state index in [2.05, 4.69) is 25.6 Å². The van der Waals surface area contributed by atoms with E-state index >= 15 is 0 Å². The number of sulfone groups is 1. The van der Waals surface area contributed by atoms with Crippen molar-refractivity contribution in [3.63, 3.8) is 0 Å². The zero-order valence-corrected chi connectivity index (χ0v) is 23.6. The van der Waals surface area contributed by atoms with E-state index in [1.54, 1.807) is 55.0 Å². The van der Waals surface area contributed by atoms with Gasteiger partial charge in [-0.2, -0.15) is 0 Å². The number of hydrogen-bond donors (Lipinski definition) is 4. The predicted molar refractivity (Wildman–Crippen MR) is 156 cm³/mol. The van der Waals surface area contributed by atoms with Crippen LogP contribution in [0.2, 0.25) is 0 Å². The van der Waals surface area contributed by atoms with Crippen LogP contribution in [0, 0.1) is 17.0 Å². The number of rotatable bonds is 14. The normalized spacial score (nSPS) is 11.2. The van der Waals surface area contributed by atoms with E-state index < -0.39 is 21.5 Å². The van der Waals surface area contributed by atoms with Crippen LogP contribution >= 0.6 is 0 Å². The zero-order valence-electron chi connectivity index (χ0n) is 22.8. The number of halogens is 2. The zero-order chi connectivity index (χ0) is 30.1. The highest BCUT2D eigenvalue weighted by molar-refractivity contribution is 7.90. The largest absolute Gasteiger partial charge is 0.491 e. The number of para-hydroxylation sites is 1. The monoisotopic (exact) mass is 596 g/mol. The minimum Gasteiger partial charge on any atom is -0.491 e. The first-order valence-corrected chi connectivity index (χ1v) is 15.0. The molecule has 0 unspecified atom stereocenters. The Bertz CT molecular complexity index is 1630. The van der Waals surface area contributed by atoms with Crippen molar-refractivity contribution in [1.82, 2.24) is 15.0 Å². The molecule has 4 aromatic rings. The summed E-state index contributed by atoms with van der Waals surface area (Å²) in [5, 5.41) is 23.9. The fraction of sp³-hybridized carbons (Fsp3) is 0.241. The standard InChI is InChI=1S/C29H30F2N6O4S/c1-42(39,40)14-4-5-19-17-35-29(37-28(19)36-20-8-10-33-11-9-20)27(32)22-6-2-3-7-26(22)34-18-23-24(30)15-21(16-25(23)31)41-13-12-38/h2-3,6-11,15-17,32,34,38H,4-5,12-14,18H2,1H3,(H,33,35,36,37). The fourth-order valence-electron chi connectivity index (χ4n) is 4.07. The lowest BCUT2D eigenvalue weighted by molar-refractivity contribution is 0.200. The molecule has 2 aromatic carbocycles. The summed E-state index contributed by atoms with van der Waals surface area (Å²) in [4.78, 5) is 13.0. The van der Waals surface area contributed by atoms with Gasteiger partial charge in [0, 0.05) is 71.6 Å². The van der Waals surface area contributed by atoms with Crippen molar-refractivity contribution in [1.29, 1.82) is 5.41 Å². The van der Waals surface area contributed by atoms with Gasteiger partial charge in [-0.3, -0.25) is 10.4 Å². The van der Waals surface area contributed by atoms with Crippen LogP contribution in [0.15, 0.2) is 67.1 Å². The molecule has 4 rings (SSSR count). The lowest BCUT2D eigenvalue weighted by atomic mass is 10.1. The Balaban J connectivity index is 1.58. The molecular weight excluding hydrogens is 566 g/mol. The quantitative estimate of drug-likeness (QED) is 0.157. The SMILES string of the molecule is CS(=O)(=O)CCCc1cnc(C(=N)c2ccccc2NCc2c(F)cc(OCCO)cc2F)nc1Nc1ccncc1. The van der Waals surface area contributed by atoms with E-state index in [4.69, 9.17) is 15.3 Å². The molecule has 0 saturated carbocycles. The molecule has 0 aliphatic carbocycles. The second-order valence-electron chi connectivity index (χ2n) is 9.37. The van der Waals surface area contributed by atoms with E-state index in [0.717, 1.165) is 12.1 Å². The molecule has 0 saturated heterocycles. The van der Waals surface area contributed by atoms with Gasteiger partial charge >= 0.3 is 0 Å². The van der Waals surface area contributed by atoms with Crippen molar-refractivity contribution in [3.05, 3.63) is 101 Å². The molecular formula is C29H30F2N6O4S. The molecule has 13 heteroatoms. The summed E-state index contributed by atoms with van der Waals surface area (Å²) in [5.41, 5.74) is 1.96. The second kappa shape index (κ2) is 13.9. The van der Waals surface area contributed by atoms with E-state index in [9.17, 15) is 17.2 Å². The molecule has 42 heavy (non-hydrogen) atoms. The van der Waals surface area contributed by atoms with Gasteiger partial charge in [0.1, 0.15) is 45.4 Å². The Hall–Kier alpha value is -4.49. The minimum atomic E-state index is -3.14. The van der Waals surface area contributed by atoms with E-state index in [1.807, 2.05) is 0 Å². The number of aliphatic hydroxyl groups excluding tert-OH is 1. The first-order chi connectivity index (χ1) is 20.1. The summed E-state index contributed by atoms with van der Waals surface area (Å²) in [6.07, 6.45) is 6.73. The molecule has 2 heterocycles. The van der Waals surface area contributed by atoms with Crippen LogP contribution < -0.4 is 15.4 Å². The first kappa shape index (κ1) is 30.5. The van der Waals surface area contributed by atoms with E-state index in [1.165, 1.54) is 6.26 Å². The number of hydrogen-bond acceptors (Lipinski definition) is 10. The maximum Gasteiger partial charge on any atom is 0.180 e. The van der Waals surface area contributed by atoms with Crippen molar-refractivity contribution in [2.75, 3.05) is 35.9 Å². The summed E-state index contributed by atoms with van der Waals surface area (Å²) in [7, 11) is -3.14. The fourth-order valence-corrected chi connectivity index (χ4v) is 4.74. The van der Waals surface area contributed by atoms with Crippen molar-refractivity contribution >= 4 is 32.7 Å². The van der Waals surface area contributed by atoms with Crippen molar-refractivity contribution < 1.29 is 27.0 Å². The smallest absolute Gasteiger partial charge is 0.180 e. The van der Waals surface area contributed by atoms with Gasteiger partial charge < -0.3 is 20.5 Å². The van der Waals surface area contributed by atoms with E-state index in [0.29, 0.717) is 41.2 Å². The van der Waals surface area contributed by atoms with Gasteiger partial charge in [0.2, 0.25) is 0 Å². The highest BCUT2D eigenvalue weighted by Gasteiger charge is 2.18. The molecule has 0 radical (unpaired) electrons. The lowest BCUT2D eigenvalue weighted by Gasteiger charge is -2.16. The average Bonchev–Trinajstić information content (AvgIpc) is 2.96. The van der Waals surface area contributed by atoms with Gasteiger partial charge in [0.05, 0.1) is 12.4 Å². The molecule has 0 aliphatic heterocycles. The van der Waals surface area contributed by atoms with Crippen LogP contribution in [0.1, 0.15) is 28.9 Å². The third kappa shape index (κ3) is 8.27. The summed E-state index contributed by atoms with van der Waals surface area (Å²) in [6, 6.07) is 12.4. The highest BCUT2D eigenvalue weighted by Crippen LogP contribution is 2.25. The van der Waals surface area contributed by atoms with E-state index in [-0.39, 0.29) is 48.4 Å². The minimum absolute atomic E-state index is 0.0118. The molecule has 0 amide bonds. The van der Waals surface area contributed by atoms with Gasteiger partial charge in [-0.25, -0.2) is 27.2 Å². The Morgan fingerprint density at radius 2 is 1.81 bits per heavy atom. The van der Waals surface area contributed by atoms with Crippen molar-refractivity contribution in [2.45, 2.75) is 19.4 Å². The Labute approximate surface area is 242 Å². The van der Waals surface area contributed by atoms with Crippen LogP contribution in [0.3, 0.4) is 0 Å². The Morgan fingerprint density at radius 1 is 1.10 bits per heavy atom. The number of aliphatic hydroxyl groups is 1. The summed E-state index contributed by atoms with van der Waals surface area (Å²) in [6.45, 7) is -0.584. The van der Waals surface area contributed by atoms with Gasteiger partial charge in [0.15, 0.2) is 5.82 Å². The Kier molecular flexibility index (Phi) is 10.1. The summed E-state index contributed by atoms with van der Waals surface area (Å²) < 4.78 is 57.6. The van der Waals surface area contributed by atoms with Gasteiger partial charge in [-0.05, 0) is 31.0 Å². The van der Waals surface area contributed by atoms with Gasteiger partial charge in [0.25, 0.3) is 0 Å². The molecule has 0 atom stereocenters. The van der Waals surface area contributed by atoms with Crippen LogP contribution in [-0.2, 0) is 22.8 Å². The molecule has 0 spiro atoms. The first-order valence-electron chi connectivity index (χ1n) is 13.0. The highest BCUT2D eigenvalue weighted by atomic mass is 32.2. The number of anilines is 3. The van der Waals surface area contributed by atoms with Gasteiger partial charge in [-0.1, -0.05) is 18.2 Å². The number of pyridine rings is 1. The molecule has 4 N–H and O–H groups in total. The number of ether oxygens (including phenoxy) is 1. The molecule has 0 aliphatic rings. The third-order valence-corrected chi connectivity index (χ3v) is 7.15. The summed E-state index contributed by atoms with van der Waals surface area (Å²) >= 11 is 0. The number of nitrogens with zero attached hydrogens (tertiary/aromatic N) is 3. The molecule has 0 bridgehead atoms. The Morgan fingerprint density at radius 3 is 2.50 bits per heavy atom. The number of aryl methyl sites for hydroxylation is 1. The maximum absolute atomic E-state index is 14.7. The molecule has 0 fully saturated rings. The second-order valence-corrected chi connectivity index (χ2v) is 11.6. The van der Waals surface area contributed by atoms with Crippen LogP contribution in [0.4, 0.5) is 26.0 Å². The number of nitrogens with one attached hydrogen (secondary N) is 3. The molecule has 10 nitrogen and oxygen atoms in total.